The van der Waals surface area contributed by atoms with E-state index >= 15 is 0 Å². The van der Waals surface area contributed by atoms with Gasteiger partial charge in [0.15, 0.2) is 5.70 Å². The van der Waals surface area contributed by atoms with Crippen molar-refractivity contribution in [3.05, 3.63) is 87.0 Å². The molecule has 0 atom stereocenters. The first-order valence-corrected chi connectivity index (χ1v) is 8.00. The SMILES string of the molecule is CC(=Cc1ccccc1)C=C1N=C(c2ccc(Cl)c(Cl)c2)OC1=O. The van der Waals surface area contributed by atoms with Crippen LogP contribution in [0, 0.1) is 0 Å². The maximum Gasteiger partial charge on any atom is 0.363 e. The highest BCUT2D eigenvalue weighted by molar-refractivity contribution is 6.42. The van der Waals surface area contributed by atoms with Gasteiger partial charge in [-0.2, -0.15) is 0 Å². The molecule has 0 aromatic heterocycles. The third kappa shape index (κ3) is 3.75. The Morgan fingerprint density at radius 3 is 2.54 bits per heavy atom. The Balaban J connectivity index is 1.88. The molecule has 120 valence electrons. The van der Waals surface area contributed by atoms with Gasteiger partial charge in [0.1, 0.15) is 0 Å². The van der Waals surface area contributed by atoms with E-state index in [1.807, 2.05) is 43.3 Å². The zero-order chi connectivity index (χ0) is 17.1. The summed E-state index contributed by atoms with van der Waals surface area (Å²) >= 11 is 11.9. The van der Waals surface area contributed by atoms with Crippen molar-refractivity contribution in [2.45, 2.75) is 6.92 Å². The number of halogens is 2. The minimum atomic E-state index is -0.489. The Hall–Kier alpha value is -2.36. The number of esters is 1. The first-order valence-electron chi connectivity index (χ1n) is 7.24. The predicted molar refractivity (Wildman–Crippen MR) is 97.3 cm³/mol. The van der Waals surface area contributed by atoms with Gasteiger partial charge in [0.2, 0.25) is 5.90 Å². The average Bonchev–Trinajstić information content (AvgIpc) is 2.92. The summed E-state index contributed by atoms with van der Waals surface area (Å²) in [6.07, 6.45) is 3.66. The van der Waals surface area contributed by atoms with Gasteiger partial charge in [-0.3, -0.25) is 0 Å². The first kappa shape index (κ1) is 16.5. The molecule has 0 spiro atoms. The quantitative estimate of drug-likeness (QED) is 0.553. The average molecular weight is 358 g/mol. The van der Waals surface area contributed by atoms with Crippen LogP contribution in [0.25, 0.3) is 6.08 Å². The Morgan fingerprint density at radius 2 is 1.83 bits per heavy atom. The molecule has 0 saturated heterocycles. The molecular weight excluding hydrogens is 345 g/mol. The number of cyclic esters (lactones) is 1. The Bertz CT molecular complexity index is 883. The summed E-state index contributed by atoms with van der Waals surface area (Å²) in [6, 6.07) is 14.8. The Labute approximate surface area is 149 Å². The van der Waals surface area contributed by atoms with Crippen molar-refractivity contribution in [1.82, 2.24) is 0 Å². The van der Waals surface area contributed by atoms with Gasteiger partial charge in [0, 0.05) is 5.56 Å². The van der Waals surface area contributed by atoms with E-state index in [0.29, 0.717) is 15.6 Å². The van der Waals surface area contributed by atoms with Crippen molar-refractivity contribution in [1.29, 1.82) is 0 Å². The zero-order valence-corrected chi connectivity index (χ0v) is 14.3. The maximum absolute atomic E-state index is 12.0. The Morgan fingerprint density at radius 1 is 1.08 bits per heavy atom. The van der Waals surface area contributed by atoms with E-state index in [1.165, 1.54) is 0 Å². The van der Waals surface area contributed by atoms with Crippen LogP contribution >= 0.6 is 23.2 Å². The minimum Gasteiger partial charge on any atom is -0.402 e. The van der Waals surface area contributed by atoms with E-state index in [1.54, 1.807) is 24.3 Å². The first-order chi connectivity index (χ1) is 11.5. The van der Waals surface area contributed by atoms with Crippen molar-refractivity contribution in [2.75, 3.05) is 0 Å². The van der Waals surface area contributed by atoms with Crippen LogP contribution in [-0.4, -0.2) is 11.9 Å². The number of nitrogens with zero attached hydrogens (tertiary/aromatic N) is 1. The maximum atomic E-state index is 12.0. The van der Waals surface area contributed by atoms with Crippen molar-refractivity contribution >= 4 is 41.1 Å². The highest BCUT2D eigenvalue weighted by atomic mass is 35.5. The fraction of sp³-hybridized carbons (Fsp3) is 0.0526. The topological polar surface area (TPSA) is 38.7 Å². The molecular formula is C19H13Cl2NO2. The summed E-state index contributed by atoms with van der Waals surface area (Å²) in [5.74, 6) is -0.269. The van der Waals surface area contributed by atoms with E-state index < -0.39 is 5.97 Å². The lowest BCUT2D eigenvalue weighted by atomic mass is 10.1. The largest absolute Gasteiger partial charge is 0.402 e. The molecule has 0 saturated carbocycles. The summed E-state index contributed by atoms with van der Waals surface area (Å²) in [4.78, 5) is 16.3. The molecule has 0 unspecified atom stereocenters. The van der Waals surface area contributed by atoms with Gasteiger partial charge in [-0.1, -0.05) is 59.6 Å². The summed E-state index contributed by atoms with van der Waals surface area (Å²) in [5.41, 5.74) is 2.80. The van der Waals surface area contributed by atoms with E-state index in [2.05, 4.69) is 4.99 Å². The molecule has 3 nitrogen and oxygen atoms in total. The van der Waals surface area contributed by atoms with Crippen LogP contribution in [0.4, 0.5) is 0 Å². The van der Waals surface area contributed by atoms with Crippen LogP contribution in [0.5, 0.6) is 0 Å². The molecule has 2 aromatic rings. The van der Waals surface area contributed by atoms with E-state index in [4.69, 9.17) is 27.9 Å². The van der Waals surface area contributed by atoms with Gasteiger partial charge in [0.05, 0.1) is 10.0 Å². The molecule has 1 aliphatic rings. The number of hydrogen-bond donors (Lipinski definition) is 0. The van der Waals surface area contributed by atoms with E-state index in [-0.39, 0.29) is 11.6 Å². The third-order valence-electron chi connectivity index (χ3n) is 3.35. The number of ether oxygens (including phenoxy) is 1. The molecule has 0 radical (unpaired) electrons. The lowest BCUT2D eigenvalue weighted by Gasteiger charge is -2.01. The standard InChI is InChI=1S/C19H13Cl2NO2/c1-12(9-13-5-3-2-4-6-13)10-17-19(23)24-18(22-17)14-7-8-15(20)16(21)11-14/h2-11H,1H3. The molecule has 2 aromatic carbocycles. The van der Waals surface area contributed by atoms with Crippen LogP contribution in [0.1, 0.15) is 18.1 Å². The smallest absolute Gasteiger partial charge is 0.363 e. The highest BCUT2D eigenvalue weighted by Gasteiger charge is 2.24. The number of aliphatic imine (C=N–C) groups is 1. The fourth-order valence-electron chi connectivity index (χ4n) is 2.23. The minimum absolute atomic E-state index is 0.220. The molecule has 0 amide bonds. The summed E-state index contributed by atoms with van der Waals surface area (Å²) in [5, 5.41) is 0.813. The number of carbonyl (C=O) groups excluding carboxylic acids is 1. The van der Waals surface area contributed by atoms with Crippen molar-refractivity contribution < 1.29 is 9.53 Å². The van der Waals surface area contributed by atoms with Crippen LogP contribution in [0.3, 0.4) is 0 Å². The monoisotopic (exact) mass is 357 g/mol. The number of carbonyl (C=O) groups is 1. The van der Waals surface area contributed by atoms with Crippen LogP contribution < -0.4 is 0 Å². The van der Waals surface area contributed by atoms with Crippen molar-refractivity contribution in [3.63, 3.8) is 0 Å². The number of allylic oxidation sites excluding steroid dienone is 2. The number of benzene rings is 2. The van der Waals surface area contributed by atoms with Crippen LogP contribution in [0.15, 0.2) is 70.9 Å². The molecule has 0 bridgehead atoms. The van der Waals surface area contributed by atoms with Gasteiger partial charge >= 0.3 is 5.97 Å². The molecule has 0 aliphatic carbocycles. The molecule has 24 heavy (non-hydrogen) atoms. The third-order valence-corrected chi connectivity index (χ3v) is 4.08. The number of hydrogen-bond acceptors (Lipinski definition) is 3. The molecule has 1 heterocycles. The van der Waals surface area contributed by atoms with Gasteiger partial charge in [0.25, 0.3) is 0 Å². The lowest BCUT2D eigenvalue weighted by Crippen LogP contribution is -2.05. The van der Waals surface area contributed by atoms with Gasteiger partial charge in [-0.15, -0.1) is 0 Å². The zero-order valence-electron chi connectivity index (χ0n) is 12.8. The molecule has 5 heteroatoms. The van der Waals surface area contributed by atoms with Crippen molar-refractivity contribution in [3.8, 4) is 0 Å². The van der Waals surface area contributed by atoms with Gasteiger partial charge < -0.3 is 4.74 Å². The second-order valence-electron chi connectivity index (χ2n) is 5.26. The van der Waals surface area contributed by atoms with E-state index in [9.17, 15) is 4.79 Å². The normalized spacial score (nSPS) is 16.3. The highest BCUT2D eigenvalue weighted by Crippen LogP contribution is 2.25. The summed E-state index contributed by atoms with van der Waals surface area (Å²) in [7, 11) is 0. The van der Waals surface area contributed by atoms with E-state index in [0.717, 1.165) is 11.1 Å². The second-order valence-corrected chi connectivity index (χ2v) is 6.08. The van der Waals surface area contributed by atoms with Crippen LogP contribution in [0.2, 0.25) is 10.0 Å². The lowest BCUT2D eigenvalue weighted by molar-refractivity contribution is -0.130. The van der Waals surface area contributed by atoms with Gasteiger partial charge in [-0.25, -0.2) is 9.79 Å². The van der Waals surface area contributed by atoms with Crippen LogP contribution in [-0.2, 0) is 9.53 Å². The molecule has 1 aliphatic heterocycles. The molecule has 3 rings (SSSR count). The van der Waals surface area contributed by atoms with Gasteiger partial charge in [-0.05, 0) is 42.3 Å². The predicted octanol–water partition coefficient (Wildman–Crippen LogP) is 5.28. The molecule has 0 N–H and O–H groups in total. The van der Waals surface area contributed by atoms with Crippen molar-refractivity contribution in [2.24, 2.45) is 4.99 Å². The summed E-state index contributed by atoms with van der Waals surface area (Å²) < 4.78 is 5.22. The summed E-state index contributed by atoms with van der Waals surface area (Å²) in [6.45, 7) is 1.90. The Kier molecular flexibility index (Phi) is 4.84. The fourth-order valence-corrected chi connectivity index (χ4v) is 2.53. The second kappa shape index (κ2) is 7.04. The molecule has 0 fully saturated rings. The number of rotatable bonds is 3.